The SMILES string of the molecule is C=C(CC)N(Cc1ccc(C)cc1)C(=C)c1c(C)nc(NC2(CC)CC=CC2)n1Cc1ccc(OC)cc1. The number of methoxy groups -OCH3 is 1. The van der Waals surface area contributed by atoms with Crippen LogP contribution in [0.1, 0.15) is 67.6 Å². The van der Waals surface area contributed by atoms with Crippen molar-refractivity contribution in [1.82, 2.24) is 14.5 Å². The second-order valence-electron chi connectivity index (χ2n) is 10.4. The van der Waals surface area contributed by atoms with Gasteiger partial charge in [-0.15, -0.1) is 0 Å². The number of hydrogen-bond donors (Lipinski definition) is 1. The number of benzene rings is 2. The fourth-order valence-electron chi connectivity index (χ4n) is 5.11. The zero-order valence-corrected chi connectivity index (χ0v) is 23.7. The van der Waals surface area contributed by atoms with Crippen LogP contribution >= 0.6 is 0 Å². The Balaban J connectivity index is 1.76. The molecule has 0 radical (unpaired) electrons. The van der Waals surface area contributed by atoms with Crippen LogP contribution in [-0.4, -0.2) is 27.1 Å². The first-order valence-electron chi connectivity index (χ1n) is 13.6. The molecule has 200 valence electrons. The summed E-state index contributed by atoms with van der Waals surface area (Å²) in [7, 11) is 1.70. The van der Waals surface area contributed by atoms with Crippen molar-refractivity contribution >= 4 is 11.6 Å². The topological polar surface area (TPSA) is 42.3 Å². The highest BCUT2D eigenvalue weighted by Gasteiger charge is 2.32. The van der Waals surface area contributed by atoms with Crippen molar-refractivity contribution in [1.29, 1.82) is 0 Å². The maximum absolute atomic E-state index is 5.39. The minimum Gasteiger partial charge on any atom is -0.497 e. The van der Waals surface area contributed by atoms with Crippen LogP contribution in [0, 0.1) is 13.8 Å². The van der Waals surface area contributed by atoms with Gasteiger partial charge in [-0.3, -0.25) is 0 Å². The fourth-order valence-corrected chi connectivity index (χ4v) is 5.11. The molecule has 2 aromatic carbocycles. The summed E-state index contributed by atoms with van der Waals surface area (Å²) >= 11 is 0. The van der Waals surface area contributed by atoms with Crippen LogP contribution in [-0.2, 0) is 13.1 Å². The van der Waals surface area contributed by atoms with Gasteiger partial charge in [0.05, 0.1) is 30.7 Å². The average molecular weight is 511 g/mol. The molecule has 0 bridgehead atoms. The summed E-state index contributed by atoms with van der Waals surface area (Å²) in [5.41, 5.74) is 7.58. The first-order chi connectivity index (χ1) is 18.3. The van der Waals surface area contributed by atoms with E-state index in [4.69, 9.17) is 9.72 Å². The number of allylic oxidation sites excluding steroid dienone is 1. The van der Waals surface area contributed by atoms with Gasteiger partial charge < -0.3 is 19.5 Å². The quantitative estimate of drug-likeness (QED) is 0.252. The van der Waals surface area contributed by atoms with Crippen LogP contribution < -0.4 is 10.1 Å². The van der Waals surface area contributed by atoms with E-state index < -0.39 is 0 Å². The maximum Gasteiger partial charge on any atom is 0.204 e. The van der Waals surface area contributed by atoms with Gasteiger partial charge >= 0.3 is 0 Å². The molecule has 1 heterocycles. The van der Waals surface area contributed by atoms with E-state index >= 15 is 0 Å². The second kappa shape index (κ2) is 11.8. The molecule has 0 amide bonds. The highest BCUT2D eigenvalue weighted by atomic mass is 16.5. The molecule has 0 fully saturated rings. The van der Waals surface area contributed by atoms with E-state index in [0.717, 1.165) is 60.2 Å². The lowest BCUT2D eigenvalue weighted by Gasteiger charge is -2.31. The Labute approximate surface area is 228 Å². The number of imidazole rings is 1. The molecule has 38 heavy (non-hydrogen) atoms. The van der Waals surface area contributed by atoms with Crippen molar-refractivity contribution < 1.29 is 4.74 Å². The van der Waals surface area contributed by atoms with Crippen molar-refractivity contribution in [3.8, 4) is 5.75 Å². The number of aryl methyl sites for hydroxylation is 2. The number of ether oxygens (including phenoxy) is 1. The van der Waals surface area contributed by atoms with Crippen molar-refractivity contribution in [2.45, 2.75) is 72.0 Å². The third-order valence-electron chi connectivity index (χ3n) is 7.73. The zero-order valence-electron chi connectivity index (χ0n) is 23.7. The van der Waals surface area contributed by atoms with E-state index in [2.05, 4.69) is 104 Å². The van der Waals surface area contributed by atoms with Gasteiger partial charge in [-0.1, -0.05) is 81.1 Å². The Morgan fingerprint density at radius 2 is 1.63 bits per heavy atom. The van der Waals surface area contributed by atoms with Gasteiger partial charge in [0.2, 0.25) is 5.95 Å². The third kappa shape index (κ3) is 5.88. The Morgan fingerprint density at radius 1 is 1.00 bits per heavy atom. The maximum atomic E-state index is 5.39. The van der Waals surface area contributed by atoms with Gasteiger partial charge in [-0.05, 0) is 62.8 Å². The predicted molar refractivity (Wildman–Crippen MR) is 159 cm³/mol. The number of aromatic nitrogens is 2. The standard InChI is InChI=1S/C33H42N4O/c1-8-25(4)36(22-28-14-12-24(3)13-15-28)27(6)31-26(5)34-32(35-33(9-2)20-10-11-21-33)37(31)23-29-16-18-30(38-7)19-17-29/h10-19H,4,6,8-9,20-23H2,1-3,5,7H3,(H,34,35). The number of hydrogen-bond acceptors (Lipinski definition) is 4. The Morgan fingerprint density at radius 3 is 2.21 bits per heavy atom. The summed E-state index contributed by atoms with van der Waals surface area (Å²) in [6.07, 6.45) is 8.41. The molecule has 1 N–H and O–H groups in total. The Kier molecular flexibility index (Phi) is 8.45. The zero-order chi connectivity index (χ0) is 27.3. The highest BCUT2D eigenvalue weighted by molar-refractivity contribution is 5.65. The molecule has 0 atom stereocenters. The monoisotopic (exact) mass is 510 g/mol. The molecule has 4 rings (SSSR count). The van der Waals surface area contributed by atoms with Crippen LogP contribution in [0.5, 0.6) is 5.75 Å². The average Bonchev–Trinajstić information content (AvgIpc) is 3.52. The van der Waals surface area contributed by atoms with E-state index in [1.54, 1.807) is 7.11 Å². The fraction of sp³-hybridized carbons (Fsp3) is 0.364. The number of nitrogens with one attached hydrogen (secondary N) is 1. The molecule has 5 nitrogen and oxygen atoms in total. The molecule has 0 saturated heterocycles. The van der Waals surface area contributed by atoms with E-state index in [1.165, 1.54) is 16.7 Å². The molecule has 0 spiro atoms. The van der Waals surface area contributed by atoms with Gasteiger partial charge in [-0.25, -0.2) is 4.98 Å². The normalized spacial score (nSPS) is 13.9. The molecule has 1 aromatic heterocycles. The van der Waals surface area contributed by atoms with Crippen molar-refractivity contribution in [3.05, 3.63) is 108 Å². The van der Waals surface area contributed by atoms with Crippen LogP contribution in [0.3, 0.4) is 0 Å². The largest absolute Gasteiger partial charge is 0.497 e. The van der Waals surface area contributed by atoms with Crippen LogP contribution in [0.4, 0.5) is 5.95 Å². The van der Waals surface area contributed by atoms with Gasteiger partial charge in [-0.2, -0.15) is 0 Å². The van der Waals surface area contributed by atoms with Crippen molar-refractivity contribution in [3.63, 3.8) is 0 Å². The van der Waals surface area contributed by atoms with E-state index in [1.807, 2.05) is 12.1 Å². The number of rotatable bonds is 12. The molecular weight excluding hydrogens is 468 g/mol. The van der Waals surface area contributed by atoms with E-state index in [-0.39, 0.29) is 5.54 Å². The lowest BCUT2D eigenvalue weighted by atomic mass is 9.93. The lowest BCUT2D eigenvalue weighted by molar-refractivity contribution is 0.414. The first-order valence-corrected chi connectivity index (χ1v) is 13.6. The van der Waals surface area contributed by atoms with Crippen molar-refractivity contribution in [2.24, 2.45) is 0 Å². The summed E-state index contributed by atoms with van der Waals surface area (Å²) < 4.78 is 7.68. The van der Waals surface area contributed by atoms with Crippen molar-refractivity contribution in [2.75, 3.05) is 12.4 Å². The summed E-state index contributed by atoms with van der Waals surface area (Å²) in [6, 6.07) is 16.9. The molecule has 0 aliphatic heterocycles. The minimum atomic E-state index is -0.0113. The third-order valence-corrected chi connectivity index (χ3v) is 7.73. The van der Waals surface area contributed by atoms with Crippen LogP contribution in [0.15, 0.2) is 79.5 Å². The lowest BCUT2D eigenvalue weighted by Crippen LogP contribution is -2.36. The molecule has 0 saturated carbocycles. The summed E-state index contributed by atoms with van der Waals surface area (Å²) in [5.74, 6) is 1.74. The second-order valence-corrected chi connectivity index (χ2v) is 10.4. The Hall–Kier alpha value is -3.73. The molecule has 1 aliphatic rings. The smallest absolute Gasteiger partial charge is 0.204 e. The molecule has 1 aliphatic carbocycles. The predicted octanol–water partition coefficient (Wildman–Crippen LogP) is 7.86. The summed E-state index contributed by atoms with van der Waals surface area (Å²) in [6.45, 7) is 19.0. The molecular formula is C33H42N4O. The minimum absolute atomic E-state index is 0.0113. The molecule has 3 aromatic rings. The van der Waals surface area contributed by atoms with E-state index in [9.17, 15) is 0 Å². The van der Waals surface area contributed by atoms with Gasteiger partial charge in [0, 0.05) is 17.8 Å². The van der Waals surface area contributed by atoms with E-state index in [0.29, 0.717) is 13.1 Å². The van der Waals surface area contributed by atoms with Crippen LogP contribution in [0.2, 0.25) is 0 Å². The number of anilines is 1. The molecule has 0 unspecified atom stereocenters. The summed E-state index contributed by atoms with van der Waals surface area (Å²) in [5, 5.41) is 3.85. The number of nitrogens with zero attached hydrogens (tertiary/aromatic N) is 3. The van der Waals surface area contributed by atoms with Gasteiger partial charge in [0.25, 0.3) is 0 Å². The molecule has 5 heteroatoms. The summed E-state index contributed by atoms with van der Waals surface area (Å²) in [4.78, 5) is 7.33. The van der Waals surface area contributed by atoms with Gasteiger partial charge in [0.15, 0.2) is 0 Å². The van der Waals surface area contributed by atoms with Gasteiger partial charge in [0.1, 0.15) is 5.75 Å². The highest BCUT2D eigenvalue weighted by Crippen LogP contribution is 2.35. The Bertz CT molecular complexity index is 1290. The van der Waals surface area contributed by atoms with Crippen LogP contribution in [0.25, 0.3) is 5.70 Å². The first kappa shape index (κ1) is 27.3.